The molecule has 1 amide bonds. The Labute approximate surface area is 190 Å². The molecule has 0 unspecified atom stereocenters. The van der Waals surface area contributed by atoms with E-state index in [0.717, 1.165) is 4.68 Å². The number of likely N-dealkylation sites (tertiary alicyclic amines) is 1. The van der Waals surface area contributed by atoms with Crippen LogP contribution in [-0.2, 0) is 9.47 Å². The van der Waals surface area contributed by atoms with Gasteiger partial charge >= 0.3 is 12.1 Å². The van der Waals surface area contributed by atoms with Crippen LogP contribution in [0.1, 0.15) is 44.1 Å². The SMILES string of the molecule is [C-]#[N+]c1ccc(-n2nc(C(=O)OC)c(OC3CCN(C(=O)OC(C)(C)C)CC3)cc2=O)cn1. The van der Waals surface area contributed by atoms with Gasteiger partial charge in [0.25, 0.3) is 11.4 Å². The van der Waals surface area contributed by atoms with Crippen molar-refractivity contribution in [1.82, 2.24) is 19.7 Å². The third-order valence-electron chi connectivity index (χ3n) is 4.75. The minimum atomic E-state index is -0.768. The van der Waals surface area contributed by atoms with Crippen molar-refractivity contribution in [2.45, 2.75) is 45.3 Å². The summed E-state index contributed by atoms with van der Waals surface area (Å²) >= 11 is 0. The molecular formula is C22H25N5O6. The summed E-state index contributed by atoms with van der Waals surface area (Å²) in [7, 11) is 1.20. The van der Waals surface area contributed by atoms with Crippen molar-refractivity contribution in [3.05, 3.63) is 51.9 Å². The molecule has 0 radical (unpaired) electrons. The number of rotatable bonds is 4. The third-order valence-corrected chi connectivity index (χ3v) is 4.75. The first-order chi connectivity index (χ1) is 15.6. The normalized spacial score (nSPS) is 14.3. The second-order valence-corrected chi connectivity index (χ2v) is 8.37. The van der Waals surface area contributed by atoms with Crippen LogP contribution >= 0.6 is 0 Å². The number of nitrogens with zero attached hydrogens (tertiary/aromatic N) is 5. The Morgan fingerprint density at radius 3 is 2.45 bits per heavy atom. The maximum absolute atomic E-state index is 12.7. The van der Waals surface area contributed by atoms with Crippen molar-refractivity contribution < 1.29 is 23.8 Å². The molecule has 11 nitrogen and oxygen atoms in total. The monoisotopic (exact) mass is 455 g/mol. The highest BCUT2D eigenvalue weighted by atomic mass is 16.6. The first kappa shape index (κ1) is 23.7. The molecule has 2 aromatic rings. The second-order valence-electron chi connectivity index (χ2n) is 8.37. The van der Waals surface area contributed by atoms with Crippen LogP contribution < -0.4 is 10.3 Å². The zero-order valence-corrected chi connectivity index (χ0v) is 18.9. The van der Waals surface area contributed by atoms with E-state index in [1.54, 1.807) is 25.7 Å². The zero-order chi connectivity index (χ0) is 24.2. The van der Waals surface area contributed by atoms with E-state index in [1.165, 1.54) is 31.5 Å². The number of piperidine rings is 1. The molecule has 1 saturated heterocycles. The average molecular weight is 455 g/mol. The van der Waals surface area contributed by atoms with E-state index in [4.69, 9.17) is 20.8 Å². The zero-order valence-electron chi connectivity index (χ0n) is 18.9. The Balaban J connectivity index is 1.78. The van der Waals surface area contributed by atoms with Gasteiger partial charge in [-0.05, 0) is 32.9 Å². The number of hydrogen-bond donors (Lipinski definition) is 0. The molecule has 0 saturated carbocycles. The van der Waals surface area contributed by atoms with E-state index in [-0.39, 0.29) is 29.1 Å². The van der Waals surface area contributed by atoms with Crippen LogP contribution in [-0.4, -0.2) is 63.6 Å². The van der Waals surface area contributed by atoms with E-state index in [0.29, 0.717) is 25.9 Å². The van der Waals surface area contributed by atoms with Crippen LogP contribution in [0.5, 0.6) is 5.75 Å². The highest BCUT2D eigenvalue weighted by Crippen LogP contribution is 2.23. The number of methoxy groups -OCH3 is 1. The smallest absolute Gasteiger partial charge is 0.410 e. The Hall–Kier alpha value is -3.94. The molecule has 1 aliphatic rings. The largest absolute Gasteiger partial charge is 0.487 e. The van der Waals surface area contributed by atoms with Gasteiger partial charge in [0.05, 0.1) is 13.2 Å². The standard InChI is InChI=1S/C22H25N5O6/c1-22(2,3)33-21(30)26-10-8-15(9-11-26)32-16-12-18(28)27(25-19(16)20(29)31-5)14-6-7-17(23-4)24-13-14/h6-7,12-13,15H,8-11H2,1-3,5H3. The minimum absolute atomic E-state index is 0.00422. The maximum atomic E-state index is 12.7. The van der Waals surface area contributed by atoms with Gasteiger partial charge in [0.2, 0.25) is 5.69 Å². The van der Waals surface area contributed by atoms with Gasteiger partial charge in [-0.15, -0.1) is 4.98 Å². The third kappa shape index (κ3) is 5.85. The lowest BCUT2D eigenvalue weighted by Crippen LogP contribution is -2.44. The lowest BCUT2D eigenvalue weighted by molar-refractivity contribution is 0.0125. The lowest BCUT2D eigenvalue weighted by Gasteiger charge is -2.33. The van der Waals surface area contributed by atoms with E-state index in [2.05, 4.69) is 14.9 Å². The van der Waals surface area contributed by atoms with Crippen LogP contribution in [0.25, 0.3) is 10.5 Å². The van der Waals surface area contributed by atoms with Crippen molar-refractivity contribution >= 4 is 17.9 Å². The molecule has 33 heavy (non-hydrogen) atoms. The molecule has 0 aromatic carbocycles. The molecule has 2 aromatic heterocycles. The van der Waals surface area contributed by atoms with Crippen LogP contribution in [0.2, 0.25) is 0 Å². The Morgan fingerprint density at radius 2 is 1.91 bits per heavy atom. The first-order valence-corrected chi connectivity index (χ1v) is 10.3. The van der Waals surface area contributed by atoms with Crippen LogP contribution in [0.15, 0.2) is 29.2 Å². The molecule has 11 heteroatoms. The Kier molecular flexibility index (Phi) is 6.96. The fourth-order valence-electron chi connectivity index (χ4n) is 3.19. The summed E-state index contributed by atoms with van der Waals surface area (Å²) in [6.07, 6.45) is 1.58. The van der Waals surface area contributed by atoms with E-state index >= 15 is 0 Å². The average Bonchev–Trinajstić information content (AvgIpc) is 2.78. The summed E-state index contributed by atoms with van der Waals surface area (Å²) in [6, 6.07) is 4.11. The molecule has 0 atom stereocenters. The van der Waals surface area contributed by atoms with Crippen molar-refractivity contribution in [3.63, 3.8) is 0 Å². The molecule has 1 aliphatic heterocycles. The van der Waals surface area contributed by atoms with Crippen LogP contribution in [0.4, 0.5) is 10.6 Å². The maximum Gasteiger partial charge on any atom is 0.410 e. The van der Waals surface area contributed by atoms with Crippen molar-refractivity contribution in [1.29, 1.82) is 0 Å². The van der Waals surface area contributed by atoms with E-state index in [1.807, 2.05) is 0 Å². The quantitative estimate of drug-likeness (QED) is 0.510. The van der Waals surface area contributed by atoms with E-state index < -0.39 is 23.2 Å². The highest BCUT2D eigenvalue weighted by molar-refractivity contribution is 5.90. The van der Waals surface area contributed by atoms with Crippen molar-refractivity contribution in [2.75, 3.05) is 20.2 Å². The Morgan fingerprint density at radius 1 is 1.21 bits per heavy atom. The summed E-state index contributed by atoms with van der Waals surface area (Å²) in [6.45, 7) is 13.2. The fraction of sp³-hybridized carbons (Fsp3) is 0.455. The fourth-order valence-corrected chi connectivity index (χ4v) is 3.19. The summed E-state index contributed by atoms with van der Waals surface area (Å²) in [5.74, 6) is -0.599. The number of carbonyl (C=O) groups is 2. The molecule has 0 spiro atoms. The molecular weight excluding hydrogens is 430 g/mol. The number of pyridine rings is 1. The van der Waals surface area contributed by atoms with Gasteiger partial charge in [0.1, 0.15) is 23.6 Å². The second kappa shape index (κ2) is 9.68. The summed E-state index contributed by atoms with van der Waals surface area (Å²) in [5.41, 5.74) is -1.00. The number of carbonyl (C=O) groups excluding carboxylic acids is 2. The number of ether oxygens (including phenoxy) is 3. The molecule has 1 fully saturated rings. The first-order valence-electron chi connectivity index (χ1n) is 10.3. The molecule has 3 heterocycles. The van der Waals surface area contributed by atoms with Crippen molar-refractivity contribution in [2.24, 2.45) is 0 Å². The topological polar surface area (TPSA) is 117 Å². The molecule has 0 bridgehead atoms. The lowest BCUT2D eigenvalue weighted by atomic mass is 10.1. The highest BCUT2D eigenvalue weighted by Gasteiger charge is 2.29. The molecule has 0 aliphatic carbocycles. The van der Waals surface area contributed by atoms with Gasteiger partial charge in [0.15, 0.2) is 5.75 Å². The summed E-state index contributed by atoms with van der Waals surface area (Å²) in [4.78, 5) is 46.0. The van der Waals surface area contributed by atoms with Gasteiger partial charge in [-0.3, -0.25) is 4.79 Å². The number of hydrogen-bond acceptors (Lipinski definition) is 8. The summed E-state index contributed by atoms with van der Waals surface area (Å²) in [5, 5.41) is 4.12. The van der Waals surface area contributed by atoms with Gasteiger partial charge < -0.3 is 24.0 Å². The van der Waals surface area contributed by atoms with Crippen LogP contribution in [0, 0.1) is 6.57 Å². The minimum Gasteiger partial charge on any atom is -0.487 e. The van der Waals surface area contributed by atoms with Crippen LogP contribution in [0.3, 0.4) is 0 Å². The molecule has 0 N–H and O–H groups in total. The number of esters is 1. The van der Waals surface area contributed by atoms with E-state index in [9.17, 15) is 14.4 Å². The van der Waals surface area contributed by atoms with Gasteiger partial charge in [-0.2, -0.15) is 9.78 Å². The molecule has 3 rings (SSSR count). The number of aromatic nitrogens is 3. The van der Waals surface area contributed by atoms with Gasteiger partial charge in [0, 0.05) is 25.9 Å². The predicted molar refractivity (Wildman–Crippen MR) is 117 cm³/mol. The number of amides is 1. The molecule has 174 valence electrons. The van der Waals surface area contributed by atoms with Gasteiger partial charge in [-0.1, -0.05) is 6.57 Å². The Bertz CT molecular complexity index is 1120. The van der Waals surface area contributed by atoms with Crippen molar-refractivity contribution in [3.8, 4) is 11.4 Å². The predicted octanol–water partition coefficient (Wildman–Crippen LogP) is 2.74. The summed E-state index contributed by atoms with van der Waals surface area (Å²) < 4.78 is 17.1. The van der Waals surface area contributed by atoms with Gasteiger partial charge in [-0.25, -0.2) is 9.59 Å².